The molecule has 9 nitrogen and oxygen atoms in total. The third kappa shape index (κ3) is 5.36. The molecular formula is C22H28N6O3. The second-order valence-electron chi connectivity index (χ2n) is 8.39. The molecule has 0 bridgehead atoms. The molecule has 2 amide bonds. The average molecular weight is 425 g/mol. The number of benzene rings is 1. The van der Waals surface area contributed by atoms with Crippen LogP contribution < -0.4 is 16.2 Å². The Balaban J connectivity index is 1.94. The molecule has 1 atom stereocenters. The van der Waals surface area contributed by atoms with Crippen LogP contribution in [0.2, 0.25) is 0 Å². The third-order valence-electron chi connectivity index (χ3n) is 4.71. The van der Waals surface area contributed by atoms with Crippen molar-refractivity contribution < 1.29 is 9.59 Å². The summed E-state index contributed by atoms with van der Waals surface area (Å²) in [7, 11) is 0. The largest absolute Gasteiger partial charge is 0.339 e. The molecule has 0 aliphatic carbocycles. The van der Waals surface area contributed by atoms with Gasteiger partial charge < -0.3 is 10.6 Å². The van der Waals surface area contributed by atoms with E-state index in [9.17, 15) is 14.4 Å². The molecule has 31 heavy (non-hydrogen) atoms. The molecule has 2 heterocycles. The van der Waals surface area contributed by atoms with Gasteiger partial charge in [-0.2, -0.15) is 10.2 Å². The van der Waals surface area contributed by atoms with Gasteiger partial charge in [0.25, 0.3) is 11.5 Å². The van der Waals surface area contributed by atoms with Gasteiger partial charge in [0, 0.05) is 18.0 Å². The van der Waals surface area contributed by atoms with E-state index < -0.39 is 11.9 Å². The second-order valence-corrected chi connectivity index (χ2v) is 8.39. The first-order valence-corrected chi connectivity index (χ1v) is 10.4. The van der Waals surface area contributed by atoms with Gasteiger partial charge in [-0.1, -0.05) is 45.9 Å². The van der Waals surface area contributed by atoms with E-state index in [4.69, 9.17) is 0 Å². The molecule has 164 valence electrons. The van der Waals surface area contributed by atoms with Gasteiger partial charge in [-0.05, 0) is 24.3 Å². The van der Waals surface area contributed by atoms with E-state index in [-0.39, 0.29) is 29.0 Å². The van der Waals surface area contributed by atoms with Crippen molar-refractivity contribution in [2.45, 2.75) is 46.7 Å². The van der Waals surface area contributed by atoms with Crippen molar-refractivity contribution >= 4 is 28.4 Å². The minimum atomic E-state index is -0.776. The Kier molecular flexibility index (Phi) is 6.84. The number of nitrogens with one attached hydrogen (secondary N) is 3. The lowest BCUT2D eigenvalue weighted by Crippen LogP contribution is -2.45. The zero-order chi connectivity index (χ0) is 22.5. The fourth-order valence-electron chi connectivity index (χ4n) is 3.35. The number of carbonyl (C=O) groups is 2. The predicted octanol–water partition coefficient (Wildman–Crippen LogP) is 2.56. The smallest absolute Gasteiger partial charge is 0.274 e. The Bertz CT molecular complexity index is 1120. The number of hydrogen-bond acceptors (Lipinski definition) is 5. The summed E-state index contributed by atoms with van der Waals surface area (Å²) >= 11 is 0. The second kappa shape index (κ2) is 9.55. The maximum atomic E-state index is 13.2. The number of fused-ring (bicyclic) bond motifs is 1. The zero-order valence-electron chi connectivity index (χ0n) is 18.2. The van der Waals surface area contributed by atoms with Gasteiger partial charge in [0.2, 0.25) is 5.91 Å². The Labute approximate surface area is 180 Å². The molecule has 0 fully saturated rings. The molecule has 9 heteroatoms. The van der Waals surface area contributed by atoms with Crippen LogP contribution in [-0.2, 0) is 11.3 Å². The molecule has 1 aromatic carbocycles. The fourth-order valence-corrected chi connectivity index (χ4v) is 3.35. The first-order chi connectivity index (χ1) is 14.8. The molecule has 1 unspecified atom stereocenters. The summed E-state index contributed by atoms with van der Waals surface area (Å²) < 4.78 is 1.32. The van der Waals surface area contributed by atoms with Crippen LogP contribution in [0, 0.1) is 11.8 Å². The zero-order valence-corrected chi connectivity index (χ0v) is 18.2. The molecular weight excluding hydrogens is 396 g/mol. The molecule has 0 radical (unpaired) electrons. The molecule has 2 aromatic heterocycles. The molecule has 0 spiro atoms. The van der Waals surface area contributed by atoms with Gasteiger partial charge in [0.05, 0.1) is 11.6 Å². The van der Waals surface area contributed by atoms with Crippen molar-refractivity contribution in [1.29, 1.82) is 0 Å². The molecule has 0 aliphatic heterocycles. The van der Waals surface area contributed by atoms with Gasteiger partial charge in [-0.15, -0.1) is 0 Å². The van der Waals surface area contributed by atoms with Crippen LogP contribution in [0.25, 0.3) is 10.8 Å². The summed E-state index contributed by atoms with van der Waals surface area (Å²) in [5.74, 6) is -0.0687. The van der Waals surface area contributed by atoms with Crippen LogP contribution in [0.1, 0.15) is 44.6 Å². The molecule has 0 aliphatic rings. The Morgan fingerprint density at radius 3 is 2.39 bits per heavy atom. The van der Waals surface area contributed by atoms with Crippen LogP contribution in [-0.4, -0.2) is 37.8 Å². The Morgan fingerprint density at radius 2 is 1.77 bits per heavy atom. The number of aromatic nitrogens is 4. The summed E-state index contributed by atoms with van der Waals surface area (Å²) in [5.41, 5.74) is -0.115. The topological polar surface area (TPSA) is 122 Å². The van der Waals surface area contributed by atoms with Gasteiger partial charge in [-0.3, -0.25) is 19.5 Å². The van der Waals surface area contributed by atoms with Crippen LogP contribution in [0.3, 0.4) is 0 Å². The number of carbonyl (C=O) groups excluding carboxylic acids is 2. The van der Waals surface area contributed by atoms with Crippen molar-refractivity contribution in [3.05, 3.63) is 52.6 Å². The van der Waals surface area contributed by atoms with Crippen LogP contribution in [0.15, 0.2) is 41.3 Å². The van der Waals surface area contributed by atoms with E-state index >= 15 is 0 Å². The lowest BCUT2D eigenvalue weighted by molar-refractivity contribution is -0.118. The van der Waals surface area contributed by atoms with Crippen molar-refractivity contribution in [2.24, 2.45) is 11.8 Å². The lowest BCUT2D eigenvalue weighted by Gasteiger charge is -2.20. The highest BCUT2D eigenvalue weighted by molar-refractivity contribution is 6.07. The monoisotopic (exact) mass is 424 g/mol. The third-order valence-corrected chi connectivity index (χ3v) is 4.71. The summed E-state index contributed by atoms with van der Waals surface area (Å²) in [6, 6.07) is 7.74. The van der Waals surface area contributed by atoms with E-state index in [2.05, 4.69) is 25.9 Å². The standard InChI is InChI=1S/C22H28N6O3/c1-13(2)11-17(20(29)25-18-9-10-23-26-18)24-21(30)19-15-7-5-6-8-16(15)22(31)28(27-19)12-14(3)4/h5-10,13-14,17H,11-12H2,1-4H3,(H,24,30)(H2,23,25,26,29). The number of nitrogens with zero attached hydrogens (tertiary/aromatic N) is 3. The van der Waals surface area contributed by atoms with E-state index in [0.29, 0.717) is 29.6 Å². The summed E-state index contributed by atoms with van der Waals surface area (Å²) in [6.45, 7) is 8.28. The molecule has 0 saturated carbocycles. The fraction of sp³-hybridized carbons (Fsp3) is 0.409. The number of rotatable bonds is 8. The van der Waals surface area contributed by atoms with E-state index in [1.807, 2.05) is 27.7 Å². The van der Waals surface area contributed by atoms with Crippen LogP contribution >= 0.6 is 0 Å². The van der Waals surface area contributed by atoms with Gasteiger partial charge in [0.1, 0.15) is 11.9 Å². The van der Waals surface area contributed by atoms with E-state index in [1.54, 1.807) is 30.3 Å². The van der Waals surface area contributed by atoms with Crippen molar-refractivity contribution in [3.63, 3.8) is 0 Å². The first kappa shape index (κ1) is 22.2. The Hall–Kier alpha value is -3.49. The minimum Gasteiger partial charge on any atom is -0.339 e. The molecule has 0 saturated heterocycles. The number of H-pyrrole nitrogens is 1. The summed E-state index contributed by atoms with van der Waals surface area (Å²) in [4.78, 5) is 38.8. The molecule has 3 N–H and O–H groups in total. The highest BCUT2D eigenvalue weighted by Gasteiger charge is 2.25. The number of aromatic amines is 1. The van der Waals surface area contributed by atoms with Crippen LogP contribution in [0.4, 0.5) is 5.82 Å². The molecule has 3 rings (SSSR count). The van der Waals surface area contributed by atoms with E-state index in [0.717, 1.165) is 0 Å². The number of amides is 2. The highest BCUT2D eigenvalue weighted by Crippen LogP contribution is 2.15. The first-order valence-electron chi connectivity index (χ1n) is 10.4. The van der Waals surface area contributed by atoms with Crippen molar-refractivity contribution in [2.75, 3.05) is 5.32 Å². The van der Waals surface area contributed by atoms with Gasteiger partial charge >= 0.3 is 0 Å². The van der Waals surface area contributed by atoms with Gasteiger partial charge in [0.15, 0.2) is 5.69 Å². The summed E-state index contributed by atoms with van der Waals surface area (Å²) in [5, 5.41) is 17.2. The Morgan fingerprint density at radius 1 is 1.06 bits per heavy atom. The number of anilines is 1. The maximum absolute atomic E-state index is 13.2. The van der Waals surface area contributed by atoms with Crippen LogP contribution in [0.5, 0.6) is 0 Å². The predicted molar refractivity (Wildman–Crippen MR) is 119 cm³/mol. The normalized spacial score (nSPS) is 12.3. The van der Waals surface area contributed by atoms with E-state index in [1.165, 1.54) is 10.9 Å². The molecule has 3 aromatic rings. The van der Waals surface area contributed by atoms with Crippen molar-refractivity contribution in [1.82, 2.24) is 25.3 Å². The quantitative estimate of drug-likeness (QED) is 0.513. The minimum absolute atomic E-state index is 0.124. The summed E-state index contributed by atoms with van der Waals surface area (Å²) in [6.07, 6.45) is 1.97. The average Bonchev–Trinajstić information content (AvgIpc) is 3.22. The maximum Gasteiger partial charge on any atom is 0.274 e. The SMILES string of the molecule is CC(C)CC(NC(=O)c1nn(CC(C)C)c(=O)c2ccccc12)C(=O)Nc1ccn[nH]1. The number of hydrogen-bond donors (Lipinski definition) is 3. The highest BCUT2D eigenvalue weighted by atomic mass is 16.2. The lowest BCUT2D eigenvalue weighted by atomic mass is 10.0. The van der Waals surface area contributed by atoms with Crippen molar-refractivity contribution in [3.8, 4) is 0 Å². The van der Waals surface area contributed by atoms with Gasteiger partial charge in [-0.25, -0.2) is 4.68 Å².